The second-order valence-electron chi connectivity index (χ2n) is 6.84. The third kappa shape index (κ3) is 5.23. The first-order valence-corrected chi connectivity index (χ1v) is 7.59. The molecular weight excluding hydrogens is 248 g/mol. The molecule has 2 rings (SSSR count). The lowest BCUT2D eigenvalue weighted by molar-refractivity contribution is -0.0212. The molecule has 0 spiro atoms. The van der Waals surface area contributed by atoms with Gasteiger partial charge in [-0.15, -0.1) is 0 Å². The lowest BCUT2D eigenvalue weighted by atomic mass is 10.1. The Labute approximate surface area is 123 Å². The largest absolute Gasteiger partial charge is 0.376 e. The number of ether oxygens (including phenoxy) is 1. The fraction of sp³-hybridized carbons (Fsp3) is 0.647. The van der Waals surface area contributed by atoms with Crippen LogP contribution >= 0.6 is 0 Å². The van der Waals surface area contributed by atoms with Crippen LogP contribution in [0.25, 0.3) is 0 Å². The molecule has 0 amide bonds. The maximum absolute atomic E-state index is 5.59. The van der Waals surface area contributed by atoms with Crippen LogP contribution in [0.15, 0.2) is 24.3 Å². The molecule has 1 aromatic carbocycles. The standard InChI is InChI=1S/C17H28N2O/c1-14-12-19(8-9-20-14)13-16-7-5-6-15(10-16)11-18-17(2,3)4/h5-7,10,14,18H,8-9,11-13H2,1-4H3. The summed E-state index contributed by atoms with van der Waals surface area (Å²) in [4.78, 5) is 2.48. The molecule has 1 unspecified atom stereocenters. The molecule has 0 aromatic heterocycles. The number of morpholine rings is 1. The van der Waals surface area contributed by atoms with Crippen LogP contribution in [-0.2, 0) is 17.8 Å². The first kappa shape index (κ1) is 15.5. The van der Waals surface area contributed by atoms with E-state index in [9.17, 15) is 0 Å². The monoisotopic (exact) mass is 276 g/mol. The predicted octanol–water partition coefficient (Wildman–Crippen LogP) is 2.80. The van der Waals surface area contributed by atoms with Crippen molar-refractivity contribution in [1.29, 1.82) is 0 Å². The van der Waals surface area contributed by atoms with Crippen molar-refractivity contribution in [2.24, 2.45) is 0 Å². The zero-order valence-electron chi connectivity index (χ0n) is 13.3. The minimum absolute atomic E-state index is 0.162. The summed E-state index contributed by atoms with van der Waals surface area (Å²) in [5.41, 5.74) is 2.92. The minimum atomic E-state index is 0.162. The molecule has 3 heteroatoms. The highest BCUT2D eigenvalue weighted by Crippen LogP contribution is 2.12. The zero-order chi connectivity index (χ0) is 14.6. The van der Waals surface area contributed by atoms with Gasteiger partial charge in [0.1, 0.15) is 0 Å². The number of hydrogen-bond donors (Lipinski definition) is 1. The number of rotatable bonds is 4. The highest BCUT2D eigenvalue weighted by atomic mass is 16.5. The summed E-state index contributed by atoms with van der Waals surface area (Å²) < 4.78 is 5.59. The lowest BCUT2D eigenvalue weighted by Crippen LogP contribution is -2.40. The molecule has 1 aliphatic heterocycles. The first-order chi connectivity index (χ1) is 9.42. The van der Waals surface area contributed by atoms with Gasteiger partial charge in [0.25, 0.3) is 0 Å². The van der Waals surface area contributed by atoms with E-state index in [0.717, 1.165) is 32.8 Å². The Morgan fingerprint density at radius 1 is 1.30 bits per heavy atom. The quantitative estimate of drug-likeness (QED) is 0.915. The molecule has 112 valence electrons. The van der Waals surface area contributed by atoms with Crippen LogP contribution in [-0.4, -0.2) is 36.2 Å². The van der Waals surface area contributed by atoms with Crippen molar-refractivity contribution in [3.8, 4) is 0 Å². The van der Waals surface area contributed by atoms with Crippen molar-refractivity contribution in [2.75, 3.05) is 19.7 Å². The fourth-order valence-corrected chi connectivity index (χ4v) is 2.50. The maximum atomic E-state index is 5.59. The predicted molar refractivity (Wildman–Crippen MR) is 83.7 cm³/mol. The van der Waals surface area contributed by atoms with E-state index in [2.05, 4.69) is 62.2 Å². The van der Waals surface area contributed by atoms with E-state index < -0.39 is 0 Å². The van der Waals surface area contributed by atoms with E-state index in [4.69, 9.17) is 4.74 Å². The number of benzene rings is 1. The molecule has 1 aromatic rings. The minimum Gasteiger partial charge on any atom is -0.376 e. The highest BCUT2D eigenvalue weighted by Gasteiger charge is 2.16. The normalized spacial score (nSPS) is 21.1. The van der Waals surface area contributed by atoms with Crippen molar-refractivity contribution in [2.45, 2.75) is 52.4 Å². The molecule has 3 nitrogen and oxygen atoms in total. The van der Waals surface area contributed by atoms with E-state index in [1.807, 2.05) is 0 Å². The van der Waals surface area contributed by atoms with Crippen LogP contribution in [0, 0.1) is 0 Å². The summed E-state index contributed by atoms with van der Waals surface area (Å²) in [6.45, 7) is 13.6. The molecular formula is C17H28N2O. The molecule has 20 heavy (non-hydrogen) atoms. The number of nitrogens with one attached hydrogen (secondary N) is 1. The summed E-state index contributed by atoms with van der Waals surface area (Å²) in [5, 5.41) is 3.54. The number of hydrogen-bond acceptors (Lipinski definition) is 3. The van der Waals surface area contributed by atoms with Crippen LogP contribution in [0.5, 0.6) is 0 Å². The van der Waals surface area contributed by atoms with Crippen molar-refractivity contribution in [3.05, 3.63) is 35.4 Å². The van der Waals surface area contributed by atoms with Gasteiger partial charge < -0.3 is 10.1 Å². The van der Waals surface area contributed by atoms with E-state index in [0.29, 0.717) is 6.10 Å². The smallest absolute Gasteiger partial charge is 0.0674 e. The molecule has 0 bridgehead atoms. The van der Waals surface area contributed by atoms with Gasteiger partial charge in [-0.3, -0.25) is 4.90 Å². The molecule has 1 atom stereocenters. The second-order valence-corrected chi connectivity index (χ2v) is 6.84. The molecule has 0 radical (unpaired) electrons. The van der Waals surface area contributed by atoms with E-state index in [-0.39, 0.29) is 5.54 Å². The van der Waals surface area contributed by atoms with Crippen molar-refractivity contribution < 1.29 is 4.74 Å². The summed E-state index contributed by atoms with van der Waals surface area (Å²) in [7, 11) is 0. The van der Waals surface area contributed by atoms with Gasteiger partial charge in [-0.2, -0.15) is 0 Å². The molecule has 1 aliphatic rings. The van der Waals surface area contributed by atoms with Crippen LogP contribution < -0.4 is 5.32 Å². The van der Waals surface area contributed by atoms with Crippen molar-refractivity contribution in [1.82, 2.24) is 10.2 Å². The molecule has 1 heterocycles. The van der Waals surface area contributed by atoms with Crippen molar-refractivity contribution in [3.63, 3.8) is 0 Å². The van der Waals surface area contributed by atoms with Gasteiger partial charge in [-0.1, -0.05) is 24.3 Å². The van der Waals surface area contributed by atoms with E-state index in [1.54, 1.807) is 0 Å². The van der Waals surface area contributed by atoms with Crippen molar-refractivity contribution >= 4 is 0 Å². The van der Waals surface area contributed by atoms with Gasteiger partial charge in [0.05, 0.1) is 12.7 Å². The van der Waals surface area contributed by atoms with Gasteiger partial charge >= 0.3 is 0 Å². The first-order valence-electron chi connectivity index (χ1n) is 7.59. The summed E-state index contributed by atoms with van der Waals surface area (Å²) in [6.07, 6.45) is 0.356. The van der Waals surface area contributed by atoms with Gasteiger partial charge in [0.15, 0.2) is 0 Å². The fourth-order valence-electron chi connectivity index (χ4n) is 2.50. The molecule has 0 aliphatic carbocycles. The second kappa shape index (κ2) is 6.70. The Balaban J connectivity index is 1.92. The Bertz CT molecular complexity index is 425. The summed E-state index contributed by atoms with van der Waals surface area (Å²) in [5.74, 6) is 0. The third-order valence-electron chi connectivity index (χ3n) is 3.55. The Kier molecular flexibility index (Phi) is 5.19. The molecule has 0 saturated carbocycles. The Morgan fingerprint density at radius 3 is 2.75 bits per heavy atom. The maximum Gasteiger partial charge on any atom is 0.0674 e. The SMILES string of the molecule is CC1CN(Cc2cccc(CNC(C)(C)C)c2)CCO1. The zero-order valence-corrected chi connectivity index (χ0v) is 13.3. The van der Waals surface area contributed by atoms with Gasteiger partial charge in [-0.25, -0.2) is 0 Å². The molecule has 1 saturated heterocycles. The third-order valence-corrected chi connectivity index (χ3v) is 3.55. The average Bonchev–Trinajstić information content (AvgIpc) is 2.36. The topological polar surface area (TPSA) is 24.5 Å². The molecule has 1 N–H and O–H groups in total. The highest BCUT2D eigenvalue weighted by molar-refractivity contribution is 5.23. The Hall–Kier alpha value is -0.900. The van der Waals surface area contributed by atoms with E-state index >= 15 is 0 Å². The van der Waals surface area contributed by atoms with Crippen LogP contribution in [0.4, 0.5) is 0 Å². The van der Waals surface area contributed by atoms with Gasteiger partial charge in [0.2, 0.25) is 0 Å². The van der Waals surface area contributed by atoms with Crippen LogP contribution in [0.3, 0.4) is 0 Å². The van der Waals surface area contributed by atoms with Crippen LogP contribution in [0.1, 0.15) is 38.8 Å². The molecule has 1 fully saturated rings. The lowest BCUT2D eigenvalue weighted by Gasteiger charge is -2.31. The van der Waals surface area contributed by atoms with Crippen LogP contribution in [0.2, 0.25) is 0 Å². The average molecular weight is 276 g/mol. The van der Waals surface area contributed by atoms with Gasteiger partial charge in [0, 0.05) is 31.7 Å². The summed E-state index contributed by atoms with van der Waals surface area (Å²) >= 11 is 0. The number of nitrogens with zero attached hydrogens (tertiary/aromatic N) is 1. The summed E-state index contributed by atoms with van der Waals surface area (Å²) in [6, 6.07) is 8.91. The Morgan fingerprint density at radius 2 is 2.05 bits per heavy atom. The van der Waals surface area contributed by atoms with Gasteiger partial charge in [-0.05, 0) is 38.8 Å². The van der Waals surface area contributed by atoms with E-state index in [1.165, 1.54) is 11.1 Å².